The van der Waals surface area contributed by atoms with Gasteiger partial charge in [0.05, 0.1) is 30.5 Å². The molecule has 1 aromatic carbocycles. The van der Waals surface area contributed by atoms with E-state index in [1.807, 2.05) is 26.0 Å². The molecule has 1 unspecified atom stereocenters. The first-order valence-electron chi connectivity index (χ1n) is 9.93. The Morgan fingerprint density at radius 1 is 1.30 bits per heavy atom. The fourth-order valence-electron chi connectivity index (χ4n) is 3.42. The van der Waals surface area contributed by atoms with Crippen molar-refractivity contribution in [3.8, 4) is 11.5 Å². The van der Waals surface area contributed by atoms with Crippen LogP contribution in [0.5, 0.6) is 11.5 Å². The second-order valence-corrected chi connectivity index (χ2v) is 7.68. The number of fused-ring (bicyclic) bond motifs is 1. The Labute approximate surface area is 180 Å². The van der Waals surface area contributed by atoms with Crippen molar-refractivity contribution < 1.29 is 23.8 Å². The Morgan fingerprint density at radius 2 is 2.03 bits per heavy atom. The number of allylic oxidation sites excluding steroid dienone is 1. The van der Waals surface area contributed by atoms with Crippen LogP contribution >= 0.6 is 11.8 Å². The summed E-state index contributed by atoms with van der Waals surface area (Å²) >= 11 is 1.51. The second-order valence-electron chi connectivity index (χ2n) is 6.62. The van der Waals surface area contributed by atoms with Gasteiger partial charge in [0.1, 0.15) is 6.61 Å². The zero-order valence-electron chi connectivity index (χ0n) is 17.5. The van der Waals surface area contributed by atoms with Crippen molar-refractivity contribution in [2.75, 3.05) is 25.6 Å². The van der Waals surface area contributed by atoms with Gasteiger partial charge in [0.25, 0.3) is 0 Å². The van der Waals surface area contributed by atoms with Crippen molar-refractivity contribution in [1.82, 2.24) is 4.90 Å². The molecule has 1 fully saturated rings. The molecular formula is C22H26N2O5S. The lowest BCUT2D eigenvalue weighted by Crippen LogP contribution is -2.45. The molecule has 2 aliphatic heterocycles. The van der Waals surface area contributed by atoms with E-state index in [1.54, 1.807) is 17.9 Å². The number of aliphatic imine (C=N–C) groups is 1. The van der Waals surface area contributed by atoms with Crippen LogP contribution in [0.3, 0.4) is 0 Å². The number of thioether (sulfide) groups is 1. The van der Waals surface area contributed by atoms with Crippen LogP contribution in [-0.4, -0.2) is 47.5 Å². The summed E-state index contributed by atoms with van der Waals surface area (Å²) in [6.07, 6.45) is 1.88. The number of benzene rings is 1. The van der Waals surface area contributed by atoms with E-state index in [-0.39, 0.29) is 12.5 Å². The van der Waals surface area contributed by atoms with Crippen molar-refractivity contribution in [1.29, 1.82) is 0 Å². The van der Waals surface area contributed by atoms with Gasteiger partial charge in [-0.05, 0) is 38.5 Å². The molecule has 1 aromatic rings. The topological polar surface area (TPSA) is 77.4 Å². The average molecular weight is 431 g/mol. The Kier molecular flexibility index (Phi) is 7.20. The van der Waals surface area contributed by atoms with Crippen molar-refractivity contribution >= 4 is 28.8 Å². The van der Waals surface area contributed by atoms with E-state index in [9.17, 15) is 9.59 Å². The third-order valence-electron chi connectivity index (χ3n) is 4.64. The molecule has 0 spiro atoms. The highest BCUT2D eigenvalue weighted by molar-refractivity contribution is 8.14. The minimum Gasteiger partial charge on any atom is -0.490 e. The summed E-state index contributed by atoms with van der Waals surface area (Å²) in [5.74, 6) is 1.25. The quantitative estimate of drug-likeness (QED) is 0.460. The second kappa shape index (κ2) is 9.84. The van der Waals surface area contributed by atoms with Gasteiger partial charge in [-0.2, -0.15) is 0 Å². The van der Waals surface area contributed by atoms with Gasteiger partial charge in [-0.1, -0.05) is 30.5 Å². The molecule has 0 aromatic heterocycles. The smallest absolute Gasteiger partial charge is 0.338 e. The number of amides is 1. The van der Waals surface area contributed by atoms with Crippen LogP contribution in [0.2, 0.25) is 0 Å². The van der Waals surface area contributed by atoms with E-state index in [0.717, 1.165) is 5.56 Å². The van der Waals surface area contributed by atoms with E-state index in [2.05, 4.69) is 11.6 Å². The van der Waals surface area contributed by atoms with Crippen LogP contribution in [-0.2, 0) is 14.3 Å². The maximum Gasteiger partial charge on any atom is 0.338 e. The van der Waals surface area contributed by atoms with Crippen molar-refractivity contribution in [3.63, 3.8) is 0 Å². The van der Waals surface area contributed by atoms with Gasteiger partial charge in [0, 0.05) is 12.2 Å². The van der Waals surface area contributed by atoms with E-state index >= 15 is 0 Å². The van der Waals surface area contributed by atoms with Gasteiger partial charge >= 0.3 is 5.97 Å². The van der Waals surface area contributed by atoms with Crippen molar-refractivity contribution in [2.24, 2.45) is 4.99 Å². The summed E-state index contributed by atoms with van der Waals surface area (Å²) in [6.45, 7) is 10.2. The lowest BCUT2D eigenvalue weighted by atomic mass is 9.93. The molecule has 0 saturated carbocycles. The highest BCUT2D eigenvalue weighted by Crippen LogP contribution is 2.42. The summed E-state index contributed by atoms with van der Waals surface area (Å²) in [4.78, 5) is 31.9. The van der Waals surface area contributed by atoms with Crippen LogP contribution in [0.4, 0.5) is 0 Å². The van der Waals surface area contributed by atoms with Crippen molar-refractivity contribution in [2.45, 2.75) is 33.2 Å². The van der Waals surface area contributed by atoms with E-state index < -0.39 is 12.0 Å². The van der Waals surface area contributed by atoms with Gasteiger partial charge in [-0.3, -0.25) is 9.69 Å². The Hall–Kier alpha value is -2.74. The van der Waals surface area contributed by atoms with Crippen LogP contribution in [0.25, 0.3) is 0 Å². The molecule has 3 rings (SSSR count). The summed E-state index contributed by atoms with van der Waals surface area (Å²) in [5.41, 5.74) is 1.60. The van der Waals surface area contributed by atoms with E-state index in [0.29, 0.717) is 53.3 Å². The molecule has 1 amide bonds. The molecule has 160 valence electrons. The number of nitrogens with zero attached hydrogens (tertiary/aromatic N) is 2. The lowest BCUT2D eigenvalue weighted by Gasteiger charge is -2.39. The Balaban J connectivity index is 2.12. The SMILES string of the molecule is C=CCOC(=O)C1=C(C)N=C2SCCC(=O)N2C1c1ccc(OCC)c(OCC)c1. The number of carbonyl (C=O) groups excluding carboxylic acids is 2. The Morgan fingerprint density at radius 3 is 2.73 bits per heavy atom. The molecule has 0 N–H and O–H groups in total. The van der Waals surface area contributed by atoms with Gasteiger partial charge in [-0.15, -0.1) is 0 Å². The molecule has 2 heterocycles. The molecule has 30 heavy (non-hydrogen) atoms. The highest BCUT2D eigenvalue weighted by Gasteiger charge is 2.41. The zero-order chi connectivity index (χ0) is 21.7. The first-order valence-corrected chi connectivity index (χ1v) is 10.9. The summed E-state index contributed by atoms with van der Waals surface area (Å²) in [6, 6.07) is 4.83. The predicted molar refractivity (Wildman–Crippen MR) is 117 cm³/mol. The number of carbonyl (C=O) groups is 2. The molecule has 2 aliphatic rings. The van der Waals surface area contributed by atoms with Gasteiger partial charge in [0.2, 0.25) is 5.91 Å². The summed E-state index contributed by atoms with van der Waals surface area (Å²) in [5, 5.41) is 0.598. The number of hydrogen-bond donors (Lipinski definition) is 0. The normalized spacial score (nSPS) is 18.5. The fraction of sp³-hybridized carbons (Fsp3) is 0.409. The minimum atomic E-state index is -0.648. The van der Waals surface area contributed by atoms with E-state index in [1.165, 1.54) is 17.8 Å². The van der Waals surface area contributed by atoms with Gasteiger partial charge < -0.3 is 14.2 Å². The van der Waals surface area contributed by atoms with Crippen LogP contribution in [0.1, 0.15) is 38.8 Å². The Bertz CT molecular complexity index is 909. The van der Waals surface area contributed by atoms with Crippen LogP contribution in [0, 0.1) is 0 Å². The molecule has 0 radical (unpaired) electrons. The molecule has 7 nitrogen and oxygen atoms in total. The molecular weight excluding hydrogens is 404 g/mol. The predicted octanol–water partition coefficient (Wildman–Crippen LogP) is 3.86. The first kappa shape index (κ1) is 22.0. The fourth-order valence-corrected chi connectivity index (χ4v) is 4.43. The number of hydrogen-bond acceptors (Lipinski definition) is 7. The minimum absolute atomic E-state index is 0.0779. The van der Waals surface area contributed by atoms with E-state index in [4.69, 9.17) is 14.2 Å². The molecule has 1 saturated heterocycles. The van der Waals surface area contributed by atoms with Crippen LogP contribution < -0.4 is 9.47 Å². The highest BCUT2D eigenvalue weighted by atomic mass is 32.2. The summed E-state index contributed by atoms with van der Waals surface area (Å²) in [7, 11) is 0. The number of rotatable bonds is 8. The number of amidine groups is 1. The van der Waals surface area contributed by atoms with Gasteiger partial charge in [-0.25, -0.2) is 9.79 Å². The maximum absolute atomic E-state index is 12.9. The third-order valence-corrected chi connectivity index (χ3v) is 5.60. The number of ether oxygens (including phenoxy) is 3. The van der Waals surface area contributed by atoms with Gasteiger partial charge in [0.15, 0.2) is 16.7 Å². The first-order chi connectivity index (χ1) is 14.5. The van der Waals surface area contributed by atoms with Crippen molar-refractivity contribution in [3.05, 3.63) is 47.7 Å². The third kappa shape index (κ3) is 4.38. The standard InChI is InChI=1S/C22H26N2O5S/c1-5-11-29-21(26)19-14(4)23-22-24(18(25)10-12-30-22)20(19)15-8-9-16(27-6-2)17(13-15)28-7-3/h5,8-9,13,20H,1,6-7,10-12H2,2-4H3. The molecule has 0 aliphatic carbocycles. The molecule has 0 bridgehead atoms. The maximum atomic E-state index is 12.9. The summed E-state index contributed by atoms with van der Waals surface area (Å²) < 4.78 is 16.7. The molecule has 8 heteroatoms. The molecule has 1 atom stereocenters. The number of esters is 1. The monoisotopic (exact) mass is 430 g/mol. The van der Waals surface area contributed by atoms with Crippen LogP contribution in [0.15, 0.2) is 47.1 Å². The average Bonchev–Trinajstić information content (AvgIpc) is 2.73. The zero-order valence-corrected chi connectivity index (χ0v) is 18.3. The largest absolute Gasteiger partial charge is 0.490 e. The lowest BCUT2D eigenvalue weighted by molar-refractivity contribution is -0.139.